The standard InChI is InChI=1S/C26H37N3O4S/c1-7-23-13-8-9-14-24(23)29(34(6,32)33)18-25(30)28(17-22-12-10-11-20(4)15-22)21(5)26(31)27-16-19(2)3/h8-15,19,21H,7,16-18H2,1-6H3,(H,27,31)/t21-/m1/s1. The Bertz CT molecular complexity index is 1100. The highest BCUT2D eigenvalue weighted by Crippen LogP contribution is 2.24. The first-order valence-electron chi connectivity index (χ1n) is 11.6. The molecule has 0 saturated heterocycles. The van der Waals surface area contributed by atoms with Gasteiger partial charge in [0, 0.05) is 13.1 Å². The SMILES string of the molecule is CCc1ccccc1N(CC(=O)N(Cc1cccc(C)c1)[C@H](C)C(=O)NCC(C)C)S(C)(=O)=O. The van der Waals surface area contributed by atoms with Gasteiger partial charge in [-0.15, -0.1) is 0 Å². The molecular formula is C26H37N3O4S. The van der Waals surface area contributed by atoms with Crippen molar-refractivity contribution in [3.8, 4) is 0 Å². The number of amides is 2. The zero-order chi connectivity index (χ0) is 25.5. The molecule has 2 aromatic carbocycles. The number of rotatable bonds is 11. The third-order valence-electron chi connectivity index (χ3n) is 5.61. The molecule has 0 aliphatic heterocycles. The van der Waals surface area contributed by atoms with Gasteiger partial charge in [-0.1, -0.05) is 68.8 Å². The lowest BCUT2D eigenvalue weighted by Crippen LogP contribution is -2.51. The molecule has 0 unspecified atom stereocenters. The first-order valence-corrected chi connectivity index (χ1v) is 13.5. The number of hydrogen-bond acceptors (Lipinski definition) is 4. The zero-order valence-electron chi connectivity index (χ0n) is 21.0. The average molecular weight is 488 g/mol. The first-order chi connectivity index (χ1) is 15.9. The molecule has 0 radical (unpaired) electrons. The van der Waals surface area contributed by atoms with Gasteiger partial charge < -0.3 is 10.2 Å². The van der Waals surface area contributed by atoms with Crippen LogP contribution in [0.15, 0.2) is 48.5 Å². The summed E-state index contributed by atoms with van der Waals surface area (Å²) in [6, 6.07) is 14.1. The number of hydrogen-bond donors (Lipinski definition) is 1. The Labute approximate surface area is 204 Å². The van der Waals surface area contributed by atoms with E-state index in [1.165, 1.54) is 4.90 Å². The van der Waals surface area contributed by atoms with E-state index in [4.69, 9.17) is 0 Å². The van der Waals surface area contributed by atoms with Crippen molar-refractivity contribution in [3.63, 3.8) is 0 Å². The van der Waals surface area contributed by atoms with Crippen molar-refractivity contribution in [2.45, 2.75) is 53.6 Å². The van der Waals surface area contributed by atoms with Crippen LogP contribution in [0.3, 0.4) is 0 Å². The molecule has 1 atom stereocenters. The number of sulfonamides is 1. The average Bonchev–Trinajstić information content (AvgIpc) is 2.78. The summed E-state index contributed by atoms with van der Waals surface area (Å²) in [4.78, 5) is 27.9. The molecule has 0 fully saturated rings. The van der Waals surface area contributed by atoms with Crippen molar-refractivity contribution in [2.24, 2.45) is 5.92 Å². The molecule has 0 bridgehead atoms. The van der Waals surface area contributed by atoms with Crippen LogP contribution < -0.4 is 9.62 Å². The second kappa shape index (κ2) is 12.0. The number of benzene rings is 2. The first kappa shape index (κ1) is 27.4. The van der Waals surface area contributed by atoms with Crippen molar-refractivity contribution in [2.75, 3.05) is 23.7 Å². The molecule has 34 heavy (non-hydrogen) atoms. The largest absolute Gasteiger partial charge is 0.354 e. The topological polar surface area (TPSA) is 86.8 Å². The maximum atomic E-state index is 13.6. The molecule has 7 nitrogen and oxygen atoms in total. The molecule has 1 N–H and O–H groups in total. The number of aryl methyl sites for hydroxylation is 2. The van der Waals surface area contributed by atoms with Crippen LogP contribution in [0, 0.1) is 12.8 Å². The maximum Gasteiger partial charge on any atom is 0.244 e. The number of nitrogens with zero attached hydrogens (tertiary/aromatic N) is 2. The fraction of sp³-hybridized carbons (Fsp3) is 0.462. The molecular weight excluding hydrogens is 450 g/mol. The fourth-order valence-corrected chi connectivity index (χ4v) is 4.57. The van der Waals surface area contributed by atoms with Gasteiger partial charge in [0.25, 0.3) is 0 Å². The summed E-state index contributed by atoms with van der Waals surface area (Å²) in [7, 11) is -3.74. The van der Waals surface area contributed by atoms with Crippen molar-refractivity contribution < 1.29 is 18.0 Å². The third-order valence-corrected chi connectivity index (χ3v) is 6.73. The molecule has 8 heteroatoms. The third kappa shape index (κ3) is 7.58. The second-order valence-electron chi connectivity index (χ2n) is 9.08. The number of para-hydroxylation sites is 1. The number of carbonyl (C=O) groups is 2. The molecule has 0 heterocycles. The van der Waals surface area contributed by atoms with Gasteiger partial charge in [-0.2, -0.15) is 0 Å². The van der Waals surface area contributed by atoms with E-state index < -0.39 is 22.0 Å². The van der Waals surface area contributed by atoms with Gasteiger partial charge in [0.2, 0.25) is 21.8 Å². The summed E-state index contributed by atoms with van der Waals surface area (Å²) >= 11 is 0. The summed E-state index contributed by atoms with van der Waals surface area (Å²) < 4.78 is 26.6. The predicted octanol–water partition coefficient (Wildman–Crippen LogP) is 3.51. The summed E-state index contributed by atoms with van der Waals surface area (Å²) in [6.45, 7) is 9.87. The van der Waals surface area contributed by atoms with Gasteiger partial charge in [-0.25, -0.2) is 8.42 Å². The van der Waals surface area contributed by atoms with Gasteiger partial charge in [-0.3, -0.25) is 13.9 Å². The molecule has 0 saturated carbocycles. The number of anilines is 1. The van der Waals surface area contributed by atoms with Gasteiger partial charge in [-0.05, 0) is 43.4 Å². The van der Waals surface area contributed by atoms with Crippen LogP contribution in [0.4, 0.5) is 5.69 Å². The molecule has 0 aromatic heterocycles. The van der Waals surface area contributed by atoms with E-state index in [1.807, 2.05) is 64.1 Å². The van der Waals surface area contributed by atoms with Crippen LogP contribution >= 0.6 is 0 Å². The van der Waals surface area contributed by atoms with E-state index in [0.29, 0.717) is 18.7 Å². The highest BCUT2D eigenvalue weighted by Gasteiger charge is 2.30. The molecule has 0 aliphatic rings. The van der Waals surface area contributed by atoms with E-state index in [0.717, 1.165) is 27.3 Å². The van der Waals surface area contributed by atoms with Crippen LogP contribution in [0.2, 0.25) is 0 Å². The van der Waals surface area contributed by atoms with Crippen LogP contribution in [0.5, 0.6) is 0 Å². The van der Waals surface area contributed by atoms with E-state index in [2.05, 4.69) is 5.32 Å². The minimum atomic E-state index is -3.74. The van der Waals surface area contributed by atoms with Crippen LogP contribution in [-0.4, -0.2) is 50.5 Å². The summed E-state index contributed by atoms with van der Waals surface area (Å²) in [5, 5.41) is 2.88. The lowest BCUT2D eigenvalue weighted by molar-refractivity contribution is -0.139. The molecule has 186 valence electrons. The Balaban J connectivity index is 2.40. The Morgan fingerprint density at radius 2 is 1.71 bits per heavy atom. The number of carbonyl (C=O) groups excluding carboxylic acids is 2. The highest BCUT2D eigenvalue weighted by molar-refractivity contribution is 7.92. The second-order valence-corrected chi connectivity index (χ2v) is 11.0. The van der Waals surface area contributed by atoms with E-state index >= 15 is 0 Å². The minimum Gasteiger partial charge on any atom is -0.354 e. The Morgan fingerprint density at radius 1 is 1.03 bits per heavy atom. The summed E-state index contributed by atoms with van der Waals surface area (Å²) in [6.07, 6.45) is 1.72. The molecule has 0 aliphatic carbocycles. The van der Waals surface area contributed by atoms with E-state index in [9.17, 15) is 18.0 Å². The predicted molar refractivity (Wildman–Crippen MR) is 137 cm³/mol. The molecule has 2 rings (SSSR count). The molecule has 2 aromatic rings. The van der Waals surface area contributed by atoms with Gasteiger partial charge in [0.05, 0.1) is 11.9 Å². The van der Waals surface area contributed by atoms with Crippen LogP contribution in [0.25, 0.3) is 0 Å². The summed E-state index contributed by atoms with van der Waals surface area (Å²) in [5.74, 6) is -0.442. The lowest BCUT2D eigenvalue weighted by atomic mass is 10.1. The zero-order valence-corrected chi connectivity index (χ0v) is 21.9. The maximum absolute atomic E-state index is 13.6. The fourth-order valence-electron chi connectivity index (χ4n) is 3.69. The molecule has 2 amide bonds. The number of nitrogens with one attached hydrogen (secondary N) is 1. The van der Waals surface area contributed by atoms with Crippen LogP contribution in [-0.2, 0) is 32.6 Å². The van der Waals surface area contributed by atoms with Crippen LogP contribution in [0.1, 0.15) is 44.4 Å². The van der Waals surface area contributed by atoms with E-state index in [-0.39, 0.29) is 24.9 Å². The van der Waals surface area contributed by atoms with Crippen molar-refractivity contribution in [1.29, 1.82) is 0 Å². The van der Waals surface area contributed by atoms with E-state index in [1.54, 1.807) is 19.1 Å². The Morgan fingerprint density at radius 3 is 2.29 bits per heavy atom. The minimum absolute atomic E-state index is 0.198. The van der Waals surface area contributed by atoms with Gasteiger partial charge >= 0.3 is 0 Å². The summed E-state index contributed by atoms with van der Waals surface area (Å²) in [5.41, 5.74) is 3.22. The monoisotopic (exact) mass is 487 g/mol. The van der Waals surface area contributed by atoms with Gasteiger partial charge in [0.1, 0.15) is 12.6 Å². The van der Waals surface area contributed by atoms with Crippen molar-refractivity contribution in [3.05, 3.63) is 65.2 Å². The lowest BCUT2D eigenvalue weighted by Gasteiger charge is -2.32. The molecule has 0 spiro atoms. The van der Waals surface area contributed by atoms with Crippen molar-refractivity contribution in [1.82, 2.24) is 10.2 Å². The van der Waals surface area contributed by atoms with Crippen molar-refractivity contribution >= 4 is 27.5 Å². The Kier molecular flexibility index (Phi) is 9.67. The smallest absolute Gasteiger partial charge is 0.244 e. The quantitative estimate of drug-likeness (QED) is 0.525. The normalized spacial score (nSPS) is 12.3. The van der Waals surface area contributed by atoms with Gasteiger partial charge in [0.15, 0.2) is 0 Å². The Hall–Kier alpha value is -2.87. The highest BCUT2D eigenvalue weighted by atomic mass is 32.2.